The molecule has 0 spiro atoms. The minimum absolute atomic E-state index is 0.189. The Bertz CT molecular complexity index is 648. The Balaban J connectivity index is 1.76. The highest BCUT2D eigenvalue weighted by atomic mass is 16.5. The fraction of sp³-hybridized carbons (Fsp3) is 0.350. The van der Waals surface area contributed by atoms with Crippen LogP contribution in [0.1, 0.15) is 29.9 Å². The van der Waals surface area contributed by atoms with Crippen LogP contribution < -0.4 is 5.32 Å². The molecule has 1 fully saturated rings. The maximum atomic E-state index is 12.8. The van der Waals surface area contributed by atoms with E-state index in [0.29, 0.717) is 12.5 Å². The molecule has 4 nitrogen and oxygen atoms in total. The van der Waals surface area contributed by atoms with E-state index >= 15 is 0 Å². The molecule has 0 radical (unpaired) electrons. The highest BCUT2D eigenvalue weighted by molar-refractivity contribution is 5.82. The number of esters is 1. The van der Waals surface area contributed by atoms with Crippen LogP contribution in [0.3, 0.4) is 0 Å². The van der Waals surface area contributed by atoms with Crippen molar-refractivity contribution in [1.29, 1.82) is 0 Å². The molecule has 1 aliphatic rings. The maximum absolute atomic E-state index is 12.8. The second-order valence-corrected chi connectivity index (χ2v) is 6.26. The van der Waals surface area contributed by atoms with Crippen LogP contribution in [0, 0.1) is 5.92 Å². The van der Waals surface area contributed by atoms with Gasteiger partial charge in [-0.3, -0.25) is 4.79 Å². The van der Waals surface area contributed by atoms with Crippen LogP contribution >= 0.6 is 0 Å². The first-order valence-electron chi connectivity index (χ1n) is 8.45. The fourth-order valence-electron chi connectivity index (χ4n) is 3.11. The van der Waals surface area contributed by atoms with E-state index in [9.17, 15) is 9.90 Å². The smallest absolute Gasteiger partial charge is 0.317 e. The minimum Gasteiger partial charge on any atom is -0.508 e. The van der Waals surface area contributed by atoms with Crippen molar-refractivity contribution in [2.45, 2.75) is 18.8 Å². The summed E-state index contributed by atoms with van der Waals surface area (Å²) in [6.45, 7) is 2.45. The van der Waals surface area contributed by atoms with E-state index in [0.717, 1.165) is 37.1 Å². The first-order chi connectivity index (χ1) is 11.7. The average molecular weight is 325 g/mol. The van der Waals surface area contributed by atoms with Crippen molar-refractivity contribution in [1.82, 2.24) is 5.32 Å². The number of benzene rings is 2. The number of phenols is 1. The molecule has 1 unspecified atom stereocenters. The molecule has 1 saturated heterocycles. The molecule has 3 rings (SSSR count). The molecular weight excluding hydrogens is 302 g/mol. The summed E-state index contributed by atoms with van der Waals surface area (Å²) in [6.07, 6.45) is 2.09. The van der Waals surface area contributed by atoms with Gasteiger partial charge in [-0.05, 0) is 55.1 Å². The van der Waals surface area contributed by atoms with E-state index in [1.807, 2.05) is 30.3 Å². The molecule has 2 aromatic rings. The number of nitrogens with one attached hydrogen (secondary N) is 1. The van der Waals surface area contributed by atoms with Crippen molar-refractivity contribution in [3.8, 4) is 5.75 Å². The third-order valence-electron chi connectivity index (χ3n) is 4.52. The first-order valence-corrected chi connectivity index (χ1v) is 8.45. The number of aromatic hydroxyl groups is 1. The lowest BCUT2D eigenvalue weighted by molar-refractivity contribution is -0.146. The second kappa shape index (κ2) is 7.97. The fourth-order valence-corrected chi connectivity index (χ4v) is 3.11. The molecule has 0 saturated carbocycles. The summed E-state index contributed by atoms with van der Waals surface area (Å²) in [6, 6.07) is 16.4. The van der Waals surface area contributed by atoms with Gasteiger partial charge in [0.25, 0.3) is 0 Å². The topological polar surface area (TPSA) is 58.6 Å². The SMILES string of the molecule is O=C(OCC1CCNCC1)C(c1ccccc1)c1ccc(O)cc1. The van der Waals surface area contributed by atoms with Gasteiger partial charge in [-0.1, -0.05) is 42.5 Å². The normalized spacial score (nSPS) is 16.5. The lowest BCUT2D eigenvalue weighted by Gasteiger charge is -2.24. The number of ether oxygens (including phenoxy) is 1. The number of hydrogen-bond acceptors (Lipinski definition) is 4. The molecule has 0 amide bonds. The van der Waals surface area contributed by atoms with Gasteiger partial charge in [-0.25, -0.2) is 0 Å². The summed E-state index contributed by atoms with van der Waals surface area (Å²) in [7, 11) is 0. The largest absolute Gasteiger partial charge is 0.508 e. The van der Waals surface area contributed by atoms with Crippen molar-refractivity contribution < 1.29 is 14.6 Å². The molecule has 0 aromatic heterocycles. The zero-order valence-corrected chi connectivity index (χ0v) is 13.7. The van der Waals surface area contributed by atoms with Crippen LogP contribution in [0.2, 0.25) is 0 Å². The van der Waals surface area contributed by atoms with E-state index in [1.54, 1.807) is 24.3 Å². The van der Waals surface area contributed by atoms with Gasteiger partial charge in [0, 0.05) is 0 Å². The number of hydrogen-bond donors (Lipinski definition) is 2. The van der Waals surface area contributed by atoms with Crippen molar-refractivity contribution in [3.63, 3.8) is 0 Å². The number of rotatable bonds is 5. The van der Waals surface area contributed by atoms with Crippen molar-refractivity contribution in [2.75, 3.05) is 19.7 Å². The molecule has 2 N–H and O–H groups in total. The van der Waals surface area contributed by atoms with E-state index in [4.69, 9.17) is 4.74 Å². The zero-order valence-electron chi connectivity index (χ0n) is 13.7. The van der Waals surface area contributed by atoms with Gasteiger partial charge in [-0.2, -0.15) is 0 Å². The molecule has 1 aliphatic heterocycles. The number of phenolic OH excluding ortho intramolecular Hbond substituents is 1. The van der Waals surface area contributed by atoms with Crippen LogP contribution in [0.25, 0.3) is 0 Å². The minimum atomic E-state index is -0.464. The Kier molecular flexibility index (Phi) is 5.49. The number of carbonyl (C=O) groups is 1. The predicted molar refractivity (Wildman–Crippen MR) is 92.9 cm³/mol. The molecule has 2 aromatic carbocycles. The summed E-state index contributed by atoms with van der Waals surface area (Å²) in [4.78, 5) is 12.8. The Morgan fingerprint density at radius 2 is 1.67 bits per heavy atom. The molecule has 24 heavy (non-hydrogen) atoms. The van der Waals surface area contributed by atoms with Crippen molar-refractivity contribution in [3.05, 3.63) is 65.7 Å². The second-order valence-electron chi connectivity index (χ2n) is 6.26. The maximum Gasteiger partial charge on any atom is 0.317 e. The summed E-state index contributed by atoms with van der Waals surface area (Å²) < 4.78 is 5.65. The third kappa shape index (κ3) is 4.15. The van der Waals surface area contributed by atoms with Gasteiger partial charge in [0.15, 0.2) is 0 Å². The predicted octanol–water partition coefficient (Wildman–Crippen LogP) is 3.07. The summed E-state index contributed by atoms with van der Waals surface area (Å²) >= 11 is 0. The highest BCUT2D eigenvalue weighted by Gasteiger charge is 2.25. The first kappa shape index (κ1) is 16.5. The Morgan fingerprint density at radius 3 is 2.33 bits per heavy atom. The number of carbonyl (C=O) groups excluding carboxylic acids is 1. The van der Waals surface area contributed by atoms with Crippen LogP contribution in [0.4, 0.5) is 0 Å². The molecular formula is C20H23NO3. The standard InChI is InChI=1S/C20H23NO3/c22-18-8-6-17(7-9-18)19(16-4-2-1-3-5-16)20(23)24-14-15-10-12-21-13-11-15/h1-9,15,19,21-22H,10-14H2. The monoisotopic (exact) mass is 325 g/mol. The van der Waals surface area contributed by atoms with Gasteiger partial charge < -0.3 is 15.2 Å². The molecule has 1 heterocycles. The molecule has 126 valence electrons. The Labute approximate surface area is 142 Å². The lowest BCUT2D eigenvalue weighted by Crippen LogP contribution is -2.31. The quantitative estimate of drug-likeness (QED) is 0.830. The van der Waals surface area contributed by atoms with Crippen molar-refractivity contribution in [2.24, 2.45) is 5.92 Å². The van der Waals surface area contributed by atoms with E-state index in [2.05, 4.69) is 5.32 Å². The lowest BCUT2D eigenvalue weighted by atomic mass is 9.91. The number of piperidine rings is 1. The van der Waals surface area contributed by atoms with Gasteiger partial charge in [0.05, 0.1) is 6.61 Å². The van der Waals surface area contributed by atoms with E-state index < -0.39 is 5.92 Å². The zero-order chi connectivity index (χ0) is 16.8. The van der Waals surface area contributed by atoms with Gasteiger partial charge in [0.2, 0.25) is 0 Å². The van der Waals surface area contributed by atoms with Crippen LogP contribution in [0.5, 0.6) is 5.75 Å². The van der Waals surface area contributed by atoms with E-state index in [-0.39, 0.29) is 11.7 Å². The summed E-state index contributed by atoms with van der Waals surface area (Å²) in [5.41, 5.74) is 1.73. The summed E-state index contributed by atoms with van der Waals surface area (Å²) in [5.74, 6) is -0.0704. The molecule has 0 aliphatic carbocycles. The molecule has 4 heteroatoms. The Hall–Kier alpha value is -2.33. The van der Waals surface area contributed by atoms with E-state index in [1.165, 1.54) is 0 Å². The van der Waals surface area contributed by atoms with Gasteiger partial charge in [0.1, 0.15) is 11.7 Å². The van der Waals surface area contributed by atoms with Crippen LogP contribution in [-0.2, 0) is 9.53 Å². The van der Waals surface area contributed by atoms with Gasteiger partial charge in [-0.15, -0.1) is 0 Å². The molecule has 0 bridgehead atoms. The van der Waals surface area contributed by atoms with Crippen LogP contribution in [0.15, 0.2) is 54.6 Å². The molecule has 1 atom stereocenters. The van der Waals surface area contributed by atoms with Crippen LogP contribution in [-0.4, -0.2) is 30.8 Å². The highest BCUT2D eigenvalue weighted by Crippen LogP contribution is 2.28. The van der Waals surface area contributed by atoms with Gasteiger partial charge >= 0.3 is 5.97 Å². The van der Waals surface area contributed by atoms with Crippen molar-refractivity contribution >= 4 is 5.97 Å². The summed E-state index contributed by atoms with van der Waals surface area (Å²) in [5, 5.41) is 12.8. The Morgan fingerprint density at radius 1 is 1.04 bits per heavy atom. The third-order valence-corrected chi connectivity index (χ3v) is 4.52. The average Bonchev–Trinajstić information content (AvgIpc) is 2.64.